The molecule has 0 heterocycles. The van der Waals surface area contributed by atoms with Gasteiger partial charge in [0, 0.05) is 11.6 Å². The minimum Gasteiger partial charge on any atom is -0.504 e. The molecule has 0 aliphatic heterocycles. The molecule has 0 amide bonds. The van der Waals surface area contributed by atoms with Gasteiger partial charge in [0.25, 0.3) is 0 Å². The molecule has 2 rings (SSSR count). The van der Waals surface area contributed by atoms with Crippen LogP contribution < -0.4 is 0 Å². The van der Waals surface area contributed by atoms with Gasteiger partial charge >= 0.3 is 0 Å². The fraction of sp³-hybridized carbons (Fsp3) is 0.625. The Morgan fingerprint density at radius 2 is 1.84 bits per heavy atom. The predicted octanol–water partition coefficient (Wildman–Crippen LogP) is 3.08. The number of fused-ring (bicyclic) bond motifs is 1. The van der Waals surface area contributed by atoms with Crippen molar-refractivity contribution in [3.05, 3.63) is 23.3 Å². The Balaban J connectivity index is 2.18. The summed E-state index contributed by atoms with van der Waals surface area (Å²) in [5, 5.41) is 19.7. The van der Waals surface area contributed by atoms with Crippen LogP contribution in [0, 0.1) is 0 Å². The molecule has 3 nitrogen and oxygen atoms in total. The first-order valence-electron chi connectivity index (χ1n) is 7.44. The molecular formula is C16H25NO2. The quantitative estimate of drug-likeness (QED) is 0.802. The van der Waals surface area contributed by atoms with Crippen LogP contribution in [0.15, 0.2) is 12.1 Å². The summed E-state index contributed by atoms with van der Waals surface area (Å²) >= 11 is 0. The van der Waals surface area contributed by atoms with Crippen LogP contribution in [-0.4, -0.2) is 34.2 Å². The number of benzene rings is 1. The summed E-state index contributed by atoms with van der Waals surface area (Å²) in [4.78, 5) is 2.53. The minimum atomic E-state index is 0.0110. The van der Waals surface area contributed by atoms with Crippen molar-refractivity contribution in [2.24, 2.45) is 0 Å². The van der Waals surface area contributed by atoms with Gasteiger partial charge in [0.15, 0.2) is 11.5 Å². The van der Waals surface area contributed by atoms with Crippen LogP contribution in [0.1, 0.15) is 44.2 Å². The molecule has 3 heteroatoms. The predicted molar refractivity (Wildman–Crippen MR) is 77.7 cm³/mol. The molecule has 0 radical (unpaired) electrons. The summed E-state index contributed by atoms with van der Waals surface area (Å²) in [6.45, 7) is 6.66. The molecule has 0 bridgehead atoms. The molecule has 19 heavy (non-hydrogen) atoms. The molecule has 1 aromatic rings. The van der Waals surface area contributed by atoms with Crippen molar-refractivity contribution in [3.8, 4) is 11.5 Å². The molecule has 0 saturated heterocycles. The summed E-state index contributed by atoms with van der Waals surface area (Å²) in [6, 6.07) is 4.05. The molecular weight excluding hydrogens is 238 g/mol. The number of phenols is 2. The standard InChI is InChI=1S/C16H25NO2/c1-3-9-17(10-4-2)13-7-5-12-6-8-15(18)16(19)14(12)11-13/h6,8,13,18-19H,3-5,7,9-11H2,1-2H3/t13-/m0/s1. The highest BCUT2D eigenvalue weighted by atomic mass is 16.3. The lowest BCUT2D eigenvalue weighted by Crippen LogP contribution is -2.40. The monoisotopic (exact) mass is 263 g/mol. The number of rotatable bonds is 5. The van der Waals surface area contributed by atoms with E-state index in [1.54, 1.807) is 6.07 Å². The van der Waals surface area contributed by atoms with Gasteiger partial charge in [-0.05, 0) is 56.8 Å². The van der Waals surface area contributed by atoms with Gasteiger partial charge in [0.1, 0.15) is 0 Å². The molecule has 1 aliphatic rings. The maximum Gasteiger partial charge on any atom is 0.161 e. The summed E-state index contributed by atoms with van der Waals surface area (Å²) < 4.78 is 0. The van der Waals surface area contributed by atoms with E-state index < -0.39 is 0 Å². The second-order valence-corrected chi connectivity index (χ2v) is 5.50. The van der Waals surface area contributed by atoms with E-state index in [1.165, 1.54) is 5.56 Å². The van der Waals surface area contributed by atoms with Crippen LogP contribution in [-0.2, 0) is 12.8 Å². The van der Waals surface area contributed by atoms with E-state index in [2.05, 4.69) is 18.7 Å². The van der Waals surface area contributed by atoms with E-state index >= 15 is 0 Å². The summed E-state index contributed by atoms with van der Waals surface area (Å²) in [5.74, 6) is 0.104. The maximum atomic E-state index is 10.0. The normalized spacial score (nSPS) is 18.6. The fourth-order valence-corrected chi connectivity index (χ4v) is 3.15. The van der Waals surface area contributed by atoms with Crippen LogP contribution >= 0.6 is 0 Å². The fourth-order valence-electron chi connectivity index (χ4n) is 3.15. The molecule has 1 atom stereocenters. The first-order valence-corrected chi connectivity index (χ1v) is 7.44. The average molecular weight is 263 g/mol. The van der Waals surface area contributed by atoms with Crippen LogP contribution in [0.4, 0.5) is 0 Å². The van der Waals surface area contributed by atoms with E-state index in [-0.39, 0.29) is 11.5 Å². The van der Waals surface area contributed by atoms with Crippen molar-refractivity contribution in [1.29, 1.82) is 0 Å². The molecule has 1 aromatic carbocycles. The minimum absolute atomic E-state index is 0.0110. The van der Waals surface area contributed by atoms with Gasteiger partial charge in [-0.1, -0.05) is 19.9 Å². The summed E-state index contributed by atoms with van der Waals surface area (Å²) in [6.07, 6.45) is 5.33. The van der Waals surface area contributed by atoms with Gasteiger partial charge in [0.2, 0.25) is 0 Å². The van der Waals surface area contributed by atoms with E-state index in [0.717, 1.165) is 50.8 Å². The zero-order valence-electron chi connectivity index (χ0n) is 12.0. The highest BCUT2D eigenvalue weighted by molar-refractivity contribution is 5.50. The van der Waals surface area contributed by atoms with Gasteiger partial charge in [0.05, 0.1) is 0 Å². The Bertz CT molecular complexity index is 425. The topological polar surface area (TPSA) is 43.7 Å². The number of hydrogen-bond acceptors (Lipinski definition) is 3. The van der Waals surface area contributed by atoms with Crippen molar-refractivity contribution in [3.63, 3.8) is 0 Å². The number of aryl methyl sites for hydroxylation is 1. The second kappa shape index (κ2) is 6.29. The Kier molecular flexibility index (Phi) is 4.70. The zero-order valence-corrected chi connectivity index (χ0v) is 12.0. The van der Waals surface area contributed by atoms with Crippen LogP contribution in [0.2, 0.25) is 0 Å². The molecule has 106 valence electrons. The maximum absolute atomic E-state index is 10.0. The van der Waals surface area contributed by atoms with E-state index in [4.69, 9.17) is 0 Å². The van der Waals surface area contributed by atoms with Gasteiger partial charge in [-0.2, -0.15) is 0 Å². The van der Waals surface area contributed by atoms with E-state index in [1.807, 2.05) is 6.07 Å². The third-order valence-electron chi connectivity index (χ3n) is 4.08. The Morgan fingerprint density at radius 3 is 2.47 bits per heavy atom. The van der Waals surface area contributed by atoms with Crippen molar-refractivity contribution >= 4 is 0 Å². The Morgan fingerprint density at radius 1 is 1.16 bits per heavy atom. The van der Waals surface area contributed by atoms with Crippen molar-refractivity contribution in [2.75, 3.05) is 13.1 Å². The molecule has 0 aromatic heterocycles. The third-order valence-corrected chi connectivity index (χ3v) is 4.08. The molecule has 2 N–H and O–H groups in total. The number of hydrogen-bond donors (Lipinski definition) is 2. The SMILES string of the molecule is CCCN(CCC)[C@H]1CCc2ccc(O)c(O)c2C1. The Labute approximate surface area is 115 Å². The first-order chi connectivity index (χ1) is 9.17. The van der Waals surface area contributed by atoms with Crippen LogP contribution in [0.25, 0.3) is 0 Å². The lowest BCUT2D eigenvalue weighted by atomic mass is 9.86. The van der Waals surface area contributed by atoms with Crippen molar-refractivity contribution < 1.29 is 10.2 Å². The second-order valence-electron chi connectivity index (χ2n) is 5.50. The van der Waals surface area contributed by atoms with Crippen LogP contribution in [0.5, 0.6) is 11.5 Å². The van der Waals surface area contributed by atoms with E-state index in [9.17, 15) is 10.2 Å². The van der Waals surface area contributed by atoms with E-state index in [0.29, 0.717) is 6.04 Å². The first kappa shape index (κ1) is 14.2. The third kappa shape index (κ3) is 3.03. The van der Waals surface area contributed by atoms with Gasteiger partial charge in [-0.15, -0.1) is 0 Å². The van der Waals surface area contributed by atoms with Crippen molar-refractivity contribution in [2.45, 2.75) is 52.0 Å². The molecule has 1 aliphatic carbocycles. The van der Waals surface area contributed by atoms with Gasteiger partial charge in [-0.3, -0.25) is 0 Å². The smallest absolute Gasteiger partial charge is 0.161 e. The Hall–Kier alpha value is -1.22. The number of nitrogens with zero attached hydrogens (tertiary/aromatic N) is 1. The average Bonchev–Trinajstić information content (AvgIpc) is 2.42. The largest absolute Gasteiger partial charge is 0.504 e. The highest BCUT2D eigenvalue weighted by Crippen LogP contribution is 2.36. The van der Waals surface area contributed by atoms with Crippen molar-refractivity contribution in [1.82, 2.24) is 4.90 Å². The molecule has 0 fully saturated rings. The lowest BCUT2D eigenvalue weighted by molar-refractivity contribution is 0.178. The summed E-state index contributed by atoms with van der Waals surface area (Å²) in [7, 11) is 0. The highest BCUT2D eigenvalue weighted by Gasteiger charge is 2.26. The van der Waals surface area contributed by atoms with Crippen LogP contribution in [0.3, 0.4) is 0 Å². The number of aromatic hydroxyl groups is 2. The molecule has 0 unspecified atom stereocenters. The van der Waals surface area contributed by atoms with Gasteiger partial charge in [-0.25, -0.2) is 0 Å². The number of phenolic OH excluding ortho intramolecular Hbond substituents is 2. The lowest BCUT2D eigenvalue weighted by Gasteiger charge is -2.35. The molecule has 0 spiro atoms. The molecule has 0 saturated carbocycles. The van der Waals surface area contributed by atoms with Gasteiger partial charge < -0.3 is 15.1 Å². The summed E-state index contributed by atoms with van der Waals surface area (Å²) in [5.41, 5.74) is 2.15. The zero-order chi connectivity index (χ0) is 13.8.